The highest BCUT2D eigenvalue weighted by Crippen LogP contribution is 2.65. The first kappa shape index (κ1) is 30.4. The van der Waals surface area contributed by atoms with Gasteiger partial charge in [-0.25, -0.2) is 0 Å². The Hall–Kier alpha value is -2.61. The first-order valence-electron chi connectivity index (χ1n) is 13.3. The highest BCUT2D eigenvalue weighted by atomic mass is 16.8. The SMILES string of the molecule is COC(=O)[C@@H]1C[C@H](OC(C)=O)C(=O)[C@H]2[C@@]1(C)CC[C@H]1C(=O)OC([C@]3(O)[C@H](OC)O[C@H](OC)[C@H]3OC(C)=O)C[C@]21C. The van der Waals surface area contributed by atoms with E-state index in [0.29, 0.717) is 12.8 Å². The Kier molecular flexibility index (Phi) is 8.09. The van der Waals surface area contributed by atoms with E-state index in [1.165, 1.54) is 28.3 Å². The van der Waals surface area contributed by atoms with Crippen molar-refractivity contribution in [1.82, 2.24) is 0 Å². The van der Waals surface area contributed by atoms with Crippen LogP contribution < -0.4 is 0 Å². The largest absolute Gasteiger partial charge is 0.469 e. The van der Waals surface area contributed by atoms with Crippen molar-refractivity contribution in [3.05, 3.63) is 0 Å². The van der Waals surface area contributed by atoms with E-state index in [0.717, 1.165) is 6.92 Å². The minimum absolute atomic E-state index is 0.0414. The van der Waals surface area contributed by atoms with Gasteiger partial charge in [0.15, 0.2) is 29.9 Å². The lowest BCUT2D eigenvalue weighted by Crippen LogP contribution is -2.69. The highest BCUT2D eigenvalue weighted by Gasteiger charge is 2.72. The van der Waals surface area contributed by atoms with Crippen molar-refractivity contribution in [1.29, 1.82) is 0 Å². The van der Waals surface area contributed by atoms with Gasteiger partial charge in [0.1, 0.15) is 6.10 Å². The number of carbonyl (C=O) groups excluding carboxylic acids is 5. The van der Waals surface area contributed by atoms with Crippen LogP contribution in [0.5, 0.6) is 0 Å². The van der Waals surface area contributed by atoms with Crippen LogP contribution in [0.25, 0.3) is 0 Å². The van der Waals surface area contributed by atoms with E-state index in [-0.39, 0.29) is 12.8 Å². The third-order valence-corrected chi connectivity index (χ3v) is 9.49. The number of cyclic esters (lactones) is 1. The molecular formula is C27H38O13. The standard InChI is InChI=1S/C27H38O13/c1-12(28)37-16-10-15(21(31)34-5)25(3)9-8-14-22(32)39-17(11-26(14,4)19(25)18(16)30)27(33)20(38-13(2)29)23(35-6)40-24(27)36-7/h14-17,19-20,23-24,33H,8-11H2,1-7H3/t14-,15-,16-,17?,19-,20+,23-,24+,25-,26-,27+/m0/s1. The molecule has 1 N–H and O–H groups in total. The Labute approximate surface area is 232 Å². The molecular weight excluding hydrogens is 532 g/mol. The van der Waals surface area contributed by atoms with Gasteiger partial charge in [-0.3, -0.25) is 24.0 Å². The van der Waals surface area contributed by atoms with E-state index in [2.05, 4.69) is 0 Å². The van der Waals surface area contributed by atoms with Crippen LogP contribution in [0.1, 0.15) is 53.4 Å². The quantitative estimate of drug-likeness (QED) is 0.349. The third kappa shape index (κ3) is 4.50. The van der Waals surface area contributed by atoms with Crippen LogP contribution in [0, 0.1) is 28.6 Å². The number of rotatable bonds is 6. The summed E-state index contributed by atoms with van der Waals surface area (Å²) in [6, 6.07) is 0. The highest BCUT2D eigenvalue weighted by molar-refractivity contribution is 5.93. The molecule has 2 saturated carbocycles. The molecule has 13 heteroatoms. The van der Waals surface area contributed by atoms with E-state index in [9.17, 15) is 29.1 Å². The zero-order valence-corrected chi connectivity index (χ0v) is 23.8. The van der Waals surface area contributed by atoms with Crippen LogP contribution in [0.2, 0.25) is 0 Å². The van der Waals surface area contributed by atoms with Crippen LogP contribution in [0.4, 0.5) is 0 Å². The topological polar surface area (TPSA) is 170 Å². The van der Waals surface area contributed by atoms with Gasteiger partial charge in [0, 0.05) is 40.4 Å². The second-order valence-corrected chi connectivity index (χ2v) is 11.7. The minimum atomic E-state index is -2.21. The molecule has 0 spiro atoms. The lowest BCUT2D eigenvalue weighted by atomic mass is 9.43. The Bertz CT molecular complexity index is 1070. The zero-order valence-electron chi connectivity index (χ0n) is 23.8. The van der Waals surface area contributed by atoms with Gasteiger partial charge in [0.05, 0.1) is 18.9 Å². The molecule has 1 unspecified atom stereocenters. The number of Topliss-reactive ketones (excluding diaryl/α,β-unsaturated/α-hetero) is 1. The number of esters is 4. The van der Waals surface area contributed by atoms with Gasteiger partial charge in [-0.05, 0) is 30.1 Å². The van der Waals surface area contributed by atoms with Gasteiger partial charge in [-0.15, -0.1) is 0 Å². The Balaban J connectivity index is 1.82. The number of methoxy groups -OCH3 is 3. The van der Waals surface area contributed by atoms with Gasteiger partial charge in [0.2, 0.25) is 6.29 Å². The van der Waals surface area contributed by atoms with Crippen molar-refractivity contribution >= 4 is 29.7 Å². The van der Waals surface area contributed by atoms with Crippen molar-refractivity contribution in [2.75, 3.05) is 21.3 Å². The fraction of sp³-hybridized carbons (Fsp3) is 0.815. The van der Waals surface area contributed by atoms with Gasteiger partial charge in [0.25, 0.3) is 0 Å². The molecule has 0 bridgehead atoms. The molecule has 224 valence electrons. The summed E-state index contributed by atoms with van der Waals surface area (Å²) in [6.45, 7) is 5.87. The molecule has 2 aliphatic carbocycles. The lowest BCUT2D eigenvalue weighted by Gasteiger charge is -2.61. The molecule has 2 saturated heterocycles. The molecule has 0 amide bonds. The Morgan fingerprint density at radius 3 is 2.17 bits per heavy atom. The summed E-state index contributed by atoms with van der Waals surface area (Å²) in [7, 11) is 3.81. The molecule has 4 aliphatic rings. The lowest BCUT2D eigenvalue weighted by molar-refractivity contribution is -0.265. The second kappa shape index (κ2) is 10.7. The maximum atomic E-state index is 14.1. The zero-order chi connectivity index (χ0) is 29.8. The van der Waals surface area contributed by atoms with Crippen LogP contribution in [0.3, 0.4) is 0 Å². The van der Waals surface area contributed by atoms with Gasteiger partial charge < -0.3 is 38.3 Å². The van der Waals surface area contributed by atoms with Crippen LogP contribution in [0.15, 0.2) is 0 Å². The molecule has 0 aromatic rings. The van der Waals surface area contributed by atoms with Crippen molar-refractivity contribution in [3.8, 4) is 0 Å². The molecule has 4 fully saturated rings. The summed E-state index contributed by atoms with van der Waals surface area (Å²) in [5.41, 5.74) is -4.34. The van der Waals surface area contributed by atoms with Gasteiger partial charge in [-0.1, -0.05) is 13.8 Å². The molecule has 11 atom stereocenters. The normalized spacial score (nSPS) is 44.6. The van der Waals surface area contributed by atoms with E-state index in [4.69, 9.17) is 33.2 Å². The molecule has 0 radical (unpaired) electrons. The predicted octanol–water partition coefficient (Wildman–Crippen LogP) is 0.672. The number of carbonyl (C=O) groups is 5. The number of hydrogen-bond donors (Lipinski definition) is 1. The maximum absolute atomic E-state index is 14.1. The number of ether oxygens (including phenoxy) is 7. The second-order valence-electron chi connectivity index (χ2n) is 11.7. The first-order chi connectivity index (χ1) is 18.7. The van der Waals surface area contributed by atoms with Crippen molar-refractivity contribution in [3.63, 3.8) is 0 Å². The average Bonchev–Trinajstić information content (AvgIpc) is 3.15. The summed E-state index contributed by atoms with van der Waals surface area (Å²) in [4.78, 5) is 64.6. The number of fused-ring (bicyclic) bond motifs is 3. The molecule has 0 aromatic heterocycles. The summed E-state index contributed by atoms with van der Waals surface area (Å²) >= 11 is 0. The van der Waals surface area contributed by atoms with E-state index < -0.39 is 94.7 Å². The summed E-state index contributed by atoms with van der Waals surface area (Å²) < 4.78 is 38.0. The van der Waals surface area contributed by atoms with Gasteiger partial charge in [-0.2, -0.15) is 0 Å². The summed E-state index contributed by atoms with van der Waals surface area (Å²) in [5, 5.41) is 12.1. The van der Waals surface area contributed by atoms with E-state index >= 15 is 0 Å². The van der Waals surface area contributed by atoms with E-state index in [1.807, 2.05) is 6.92 Å². The van der Waals surface area contributed by atoms with Crippen molar-refractivity contribution < 1.29 is 62.2 Å². The van der Waals surface area contributed by atoms with Crippen LogP contribution >= 0.6 is 0 Å². The third-order valence-electron chi connectivity index (χ3n) is 9.49. The molecule has 13 nitrogen and oxygen atoms in total. The first-order valence-corrected chi connectivity index (χ1v) is 13.3. The number of ketones is 1. The van der Waals surface area contributed by atoms with Crippen LogP contribution in [-0.4, -0.2) is 92.6 Å². The molecule has 40 heavy (non-hydrogen) atoms. The minimum Gasteiger partial charge on any atom is -0.469 e. The summed E-state index contributed by atoms with van der Waals surface area (Å²) in [5.74, 6) is -5.56. The Morgan fingerprint density at radius 2 is 1.62 bits per heavy atom. The predicted molar refractivity (Wildman–Crippen MR) is 131 cm³/mol. The number of aliphatic hydroxyl groups is 1. The Morgan fingerprint density at radius 1 is 0.975 bits per heavy atom. The fourth-order valence-corrected chi connectivity index (χ4v) is 7.82. The number of hydrogen-bond acceptors (Lipinski definition) is 13. The van der Waals surface area contributed by atoms with Gasteiger partial charge >= 0.3 is 23.9 Å². The molecule has 4 rings (SSSR count). The molecule has 2 heterocycles. The van der Waals surface area contributed by atoms with E-state index in [1.54, 1.807) is 6.92 Å². The fourth-order valence-electron chi connectivity index (χ4n) is 7.82. The average molecular weight is 571 g/mol. The molecule has 0 aromatic carbocycles. The van der Waals surface area contributed by atoms with Crippen molar-refractivity contribution in [2.45, 2.75) is 89.9 Å². The smallest absolute Gasteiger partial charge is 0.309 e. The monoisotopic (exact) mass is 570 g/mol. The van der Waals surface area contributed by atoms with Crippen LogP contribution in [-0.2, 0) is 57.1 Å². The molecule has 2 aliphatic heterocycles. The van der Waals surface area contributed by atoms with Crippen molar-refractivity contribution in [2.24, 2.45) is 28.6 Å². The summed E-state index contributed by atoms with van der Waals surface area (Å²) in [6.07, 6.45) is -6.16. The maximum Gasteiger partial charge on any atom is 0.309 e.